The van der Waals surface area contributed by atoms with E-state index in [1.807, 2.05) is 6.07 Å². The lowest BCUT2D eigenvalue weighted by Gasteiger charge is -2.21. The zero-order valence-corrected chi connectivity index (χ0v) is 17.6. The molecule has 0 spiro atoms. The molecule has 0 atom stereocenters. The van der Waals surface area contributed by atoms with Crippen molar-refractivity contribution in [2.24, 2.45) is 0 Å². The van der Waals surface area contributed by atoms with Crippen LogP contribution in [0.3, 0.4) is 0 Å². The van der Waals surface area contributed by atoms with Gasteiger partial charge < -0.3 is 14.6 Å². The van der Waals surface area contributed by atoms with Gasteiger partial charge in [-0.25, -0.2) is 9.78 Å². The van der Waals surface area contributed by atoms with Crippen LogP contribution in [0.4, 0.5) is 10.5 Å². The van der Waals surface area contributed by atoms with Crippen LogP contribution in [0.2, 0.25) is 0 Å². The second kappa shape index (κ2) is 7.98. The van der Waals surface area contributed by atoms with E-state index in [-0.39, 0.29) is 5.91 Å². The van der Waals surface area contributed by atoms with E-state index in [1.54, 1.807) is 65.5 Å². The van der Waals surface area contributed by atoms with Gasteiger partial charge in [0, 0.05) is 43.0 Å². The van der Waals surface area contributed by atoms with Gasteiger partial charge in [-0.1, -0.05) is 6.07 Å². The lowest BCUT2D eigenvalue weighted by atomic mass is 10.0. The maximum absolute atomic E-state index is 12.8. The highest BCUT2D eigenvalue weighted by Gasteiger charge is 2.20. The van der Waals surface area contributed by atoms with Crippen LogP contribution in [0.1, 0.15) is 41.5 Å². The average molecular weight is 408 g/mol. The molecule has 2 amide bonds. The Hall–Kier alpha value is -3.68. The molecule has 156 valence electrons. The fourth-order valence-corrected chi connectivity index (χ4v) is 2.94. The molecule has 0 aliphatic heterocycles. The van der Waals surface area contributed by atoms with Crippen molar-refractivity contribution in [1.82, 2.24) is 14.9 Å². The summed E-state index contributed by atoms with van der Waals surface area (Å²) in [5.74, 6) is -0.271. The molecule has 2 N–H and O–H groups in total. The number of hydrogen-bond donors (Lipinski definition) is 2. The number of carbonyl (C=O) groups is 3. The molecule has 1 aromatic carbocycles. The van der Waals surface area contributed by atoms with Gasteiger partial charge in [0.1, 0.15) is 11.2 Å². The van der Waals surface area contributed by atoms with E-state index in [2.05, 4.69) is 15.3 Å². The maximum Gasteiger partial charge on any atom is 0.412 e. The molecule has 0 saturated heterocycles. The zero-order chi connectivity index (χ0) is 22.1. The fraction of sp³-hybridized carbons (Fsp3) is 0.273. The van der Waals surface area contributed by atoms with Crippen LogP contribution in [0.25, 0.3) is 22.2 Å². The van der Waals surface area contributed by atoms with E-state index >= 15 is 0 Å². The minimum Gasteiger partial charge on any atom is -0.444 e. The van der Waals surface area contributed by atoms with Crippen LogP contribution in [-0.2, 0) is 4.74 Å². The summed E-state index contributed by atoms with van der Waals surface area (Å²) >= 11 is 0. The predicted molar refractivity (Wildman–Crippen MR) is 115 cm³/mol. The normalized spacial score (nSPS) is 11.2. The molecule has 0 saturated carbocycles. The third-order valence-corrected chi connectivity index (χ3v) is 4.32. The van der Waals surface area contributed by atoms with E-state index in [0.29, 0.717) is 27.8 Å². The number of amides is 2. The highest BCUT2D eigenvalue weighted by molar-refractivity contribution is 6.04. The van der Waals surface area contributed by atoms with E-state index in [0.717, 1.165) is 17.4 Å². The minimum atomic E-state index is -0.663. The van der Waals surface area contributed by atoms with E-state index < -0.39 is 11.7 Å². The third-order valence-electron chi connectivity index (χ3n) is 4.32. The lowest BCUT2D eigenvalue weighted by Crippen LogP contribution is -2.29. The smallest absolute Gasteiger partial charge is 0.412 e. The van der Waals surface area contributed by atoms with Gasteiger partial charge in [-0.05, 0) is 44.5 Å². The number of aromatic amines is 1. The first-order chi connectivity index (χ1) is 14.1. The first-order valence-electron chi connectivity index (χ1n) is 9.37. The van der Waals surface area contributed by atoms with Gasteiger partial charge in [-0.15, -0.1) is 0 Å². The number of ether oxygens (including phenoxy) is 1. The summed E-state index contributed by atoms with van der Waals surface area (Å²) in [5.41, 5.74) is 2.57. The Labute approximate surface area is 174 Å². The van der Waals surface area contributed by atoms with Gasteiger partial charge in [-0.2, -0.15) is 0 Å². The van der Waals surface area contributed by atoms with Crippen molar-refractivity contribution in [2.45, 2.75) is 26.4 Å². The van der Waals surface area contributed by atoms with E-state index in [1.165, 1.54) is 4.90 Å². The average Bonchev–Trinajstić information content (AvgIpc) is 3.08. The van der Waals surface area contributed by atoms with Crippen molar-refractivity contribution in [1.29, 1.82) is 0 Å². The third kappa shape index (κ3) is 4.48. The molecule has 3 aromatic rings. The molecule has 0 fully saturated rings. The lowest BCUT2D eigenvalue weighted by molar-refractivity contribution is 0.0635. The van der Waals surface area contributed by atoms with Gasteiger partial charge in [-0.3, -0.25) is 14.9 Å². The number of nitrogens with one attached hydrogen (secondary N) is 2. The van der Waals surface area contributed by atoms with Crippen molar-refractivity contribution < 1.29 is 19.1 Å². The molecule has 3 rings (SSSR count). The monoisotopic (exact) mass is 408 g/mol. The zero-order valence-electron chi connectivity index (χ0n) is 17.6. The number of carbonyl (C=O) groups excluding carboxylic acids is 3. The number of rotatable bonds is 4. The van der Waals surface area contributed by atoms with Crippen LogP contribution in [0.15, 0.2) is 36.7 Å². The topological polar surface area (TPSA) is 104 Å². The summed E-state index contributed by atoms with van der Waals surface area (Å²) in [6, 6.07) is 6.95. The fourth-order valence-electron chi connectivity index (χ4n) is 2.94. The molecule has 30 heavy (non-hydrogen) atoms. The van der Waals surface area contributed by atoms with Crippen molar-refractivity contribution in [3.63, 3.8) is 0 Å². The number of pyridine rings is 1. The summed E-state index contributed by atoms with van der Waals surface area (Å²) in [7, 11) is 3.27. The Balaban J connectivity index is 2.03. The highest BCUT2D eigenvalue weighted by atomic mass is 16.6. The molecule has 0 aliphatic rings. The summed E-state index contributed by atoms with van der Waals surface area (Å²) < 4.78 is 5.30. The Morgan fingerprint density at radius 1 is 1.17 bits per heavy atom. The Bertz CT molecular complexity index is 1130. The molecule has 8 nitrogen and oxygen atoms in total. The second-order valence-electron chi connectivity index (χ2n) is 8.07. The van der Waals surface area contributed by atoms with Crippen LogP contribution < -0.4 is 5.32 Å². The number of anilines is 1. The number of aromatic nitrogens is 2. The molecular weight excluding hydrogens is 384 g/mol. The van der Waals surface area contributed by atoms with Crippen LogP contribution in [0.5, 0.6) is 0 Å². The maximum atomic E-state index is 12.8. The largest absolute Gasteiger partial charge is 0.444 e. The number of H-pyrrole nitrogens is 1. The Kier molecular flexibility index (Phi) is 5.60. The predicted octanol–water partition coefficient (Wildman–Crippen LogP) is 4.09. The first-order valence-corrected chi connectivity index (χ1v) is 9.37. The molecule has 0 unspecified atom stereocenters. The van der Waals surface area contributed by atoms with E-state index in [9.17, 15) is 14.4 Å². The highest BCUT2D eigenvalue weighted by Crippen LogP contribution is 2.29. The molecule has 8 heteroatoms. The van der Waals surface area contributed by atoms with Gasteiger partial charge >= 0.3 is 6.09 Å². The summed E-state index contributed by atoms with van der Waals surface area (Å²) in [6.45, 7) is 5.29. The minimum absolute atomic E-state index is 0.271. The van der Waals surface area contributed by atoms with Gasteiger partial charge in [0.15, 0.2) is 6.29 Å². The molecule has 2 aromatic heterocycles. The molecular formula is C22H24N4O4. The molecule has 2 heterocycles. The molecule has 0 aliphatic carbocycles. The quantitative estimate of drug-likeness (QED) is 0.633. The van der Waals surface area contributed by atoms with Gasteiger partial charge in [0.25, 0.3) is 5.91 Å². The standard InChI is InChI=1S/C22H24N4O4/c1-22(2,3)30-21(29)25-18-7-6-13(8-17(18)20(28)26(4)5)14-9-16-15(12-27)11-24-19(16)23-10-14/h6-12H,1-5H3,(H,23,24)(H,25,29). The van der Waals surface area contributed by atoms with Crippen LogP contribution in [-0.4, -0.2) is 52.9 Å². The summed E-state index contributed by atoms with van der Waals surface area (Å²) in [4.78, 5) is 44.9. The number of hydrogen-bond acceptors (Lipinski definition) is 5. The Morgan fingerprint density at radius 3 is 2.53 bits per heavy atom. The summed E-state index contributed by atoms with van der Waals surface area (Å²) in [5, 5.41) is 3.34. The second-order valence-corrected chi connectivity index (χ2v) is 8.07. The first kappa shape index (κ1) is 21.0. The van der Waals surface area contributed by atoms with Crippen molar-refractivity contribution in [3.8, 4) is 11.1 Å². The number of nitrogens with zero attached hydrogens (tertiary/aromatic N) is 2. The van der Waals surface area contributed by atoms with Crippen molar-refractivity contribution in [2.75, 3.05) is 19.4 Å². The Morgan fingerprint density at radius 2 is 1.90 bits per heavy atom. The van der Waals surface area contributed by atoms with Gasteiger partial charge in [0.05, 0.1) is 11.3 Å². The van der Waals surface area contributed by atoms with Gasteiger partial charge in [0.2, 0.25) is 0 Å². The molecule has 0 radical (unpaired) electrons. The number of benzene rings is 1. The van der Waals surface area contributed by atoms with E-state index in [4.69, 9.17) is 4.74 Å². The number of aldehydes is 1. The summed E-state index contributed by atoms with van der Waals surface area (Å²) in [6.07, 6.45) is 3.38. The van der Waals surface area contributed by atoms with Crippen molar-refractivity contribution in [3.05, 3.63) is 47.8 Å². The van der Waals surface area contributed by atoms with Crippen molar-refractivity contribution >= 4 is 35.0 Å². The van der Waals surface area contributed by atoms with Crippen LogP contribution in [0, 0.1) is 0 Å². The van der Waals surface area contributed by atoms with Crippen LogP contribution >= 0.6 is 0 Å². The molecule has 0 bridgehead atoms. The SMILES string of the molecule is CN(C)C(=O)c1cc(-c2cnc3[nH]cc(C=O)c3c2)ccc1NC(=O)OC(C)(C)C. The number of fused-ring (bicyclic) bond motifs is 1.